The van der Waals surface area contributed by atoms with Gasteiger partial charge in [-0.3, -0.25) is 4.79 Å². The average molecular weight is 357 g/mol. The summed E-state index contributed by atoms with van der Waals surface area (Å²) in [5.74, 6) is -0.672. The van der Waals surface area contributed by atoms with Gasteiger partial charge in [-0.05, 0) is 31.5 Å². The number of hydrogen-bond acceptors (Lipinski definition) is 4. The quantitative estimate of drug-likeness (QED) is 0.835. The van der Waals surface area contributed by atoms with E-state index in [0.29, 0.717) is 10.0 Å². The molecule has 0 bridgehead atoms. The first-order valence-corrected chi connectivity index (χ1v) is 7.94. The number of hydrogen-bond donors (Lipinski definition) is 1. The van der Waals surface area contributed by atoms with Crippen LogP contribution in [-0.4, -0.2) is 20.4 Å². The van der Waals surface area contributed by atoms with Crippen molar-refractivity contribution in [3.63, 3.8) is 0 Å². The van der Waals surface area contributed by atoms with Crippen LogP contribution in [0.2, 0.25) is 0 Å². The molecule has 0 radical (unpaired) electrons. The van der Waals surface area contributed by atoms with E-state index in [9.17, 15) is 13.2 Å². The largest absolute Gasteiger partial charge is 0.479 e. The molecule has 0 aliphatic rings. The van der Waals surface area contributed by atoms with Crippen LogP contribution >= 0.6 is 26.6 Å². The van der Waals surface area contributed by atoms with Crippen molar-refractivity contribution in [2.24, 2.45) is 5.73 Å². The molecule has 0 aliphatic carbocycles. The van der Waals surface area contributed by atoms with Gasteiger partial charge in [-0.15, -0.1) is 0 Å². The monoisotopic (exact) mass is 355 g/mol. The number of rotatable bonds is 4. The number of carbonyl (C=O) groups excluding carboxylic acids is 1. The summed E-state index contributed by atoms with van der Waals surface area (Å²) < 4.78 is 28.7. The van der Waals surface area contributed by atoms with Gasteiger partial charge >= 0.3 is 0 Å². The summed E-state index contributed by atoms with van der Waals surface area (Å²) in [6.07, 6.45) is -0.956. The molecule has 0 aliphatic heterocycles. The van der Waals surface area contributed by atoms with Gasteiger partial charge in [0.15, 0.2) is 6.10 Å². The minimum absolute atomic E-state index is 0.0273. The summed E-state index contributed by atoms with van der Waals surface area (Å²) in [5, 5.41) is 0. The van der Waals surface area contributed by atoms with E-state index in [1.807, 2.05) is 0 Å². The molecule has 100 valence electrons. The Hall–Kier alpha value is -0.790. The number of amides is 1. The standard InChI is InChI=1S/C10H11BrClNO4S/c1-5-3-7(11)4-8(18(12,15)16)9(5)17-6(2)10(13)14/h3-4,6H,1-2H3,(H2,13,14). The number of halogens is 2. The molecule has 0 saturated heterocycles. The third kappa shape index (κ3) is 3.60. The van der Waals surface area contributed by atoms with Crippen LogP contribution in [0.15, 0.2) is 21.5 Å². The van der Waals surface area contributed by atoms with Gasteiger partial charge in [0.05, 0.1) is 0 Å². The van der Waals surface area contributed by atoms with E-state index in [1.54, 1.807) is 13.0 Å². The summed E-state index contributed by atoms with van der Waals surface area (Å²) in [4.78, 5) is 10.7. The lowest BCUT2D eigenvalue weighted by Crippen LogP contribution is -2.31. The molecule has 1 rings (SSSR count). The second-order valence-electron chi connectivity index (χ2n) is 3.65. The van der Waals surface area contributed by atoms with Crippen molar-refractivity contribution >= 4 is 41.6 Å². The number of aryl methyl sites for hydroxylation is 1. The van der Waals surface area contributed by atoms with E-state index in [1.165, 1.54) is 13.0 Å². The number of carbonyl (C=O) groups is 1. The fourth-order valence-electron chi connectivity index (χ4n) is 1.27. The van der Waals surface area contributed by atoms with Crippen LogP contribution in [0, 0.1) is 6.92 Å². The Bertz CT molecular complexity index is 588. The van der Waals surface area contributed by atoms with Crippen LogP contribution in [0.25, 0.3) is 0 Å². The highest BCUT2D eigenvalue weighted by Crippen LogP contribution is 2.34. The van der Waals surface area contributed by atoms with Gasteiger partial charge in [0.2, 0.25) is 0 Å². The zero-order chi connectivity index (χ0) is 14.1. The highest BCUT2D eigenvalue weighted by molar-refractivity contribution is 9.10. The molecular formula is C10H11BrClNO4S. The maximum atomic E-state index is 11.5. The minimum Gasteiger partial charge on any atom is -0.479 e. The predicted molar refractivity (Wildman–Crippen MR) is 71.2 cm³/mol. The topological polar surface area (TPSA) is 86.5 Å². The second-order valence-corrected chi connectivity index (χ2v) is 7.10. The van der Waals surface area contributed by atoms with E-state index < -0.39 is 21.1 Å². The highest BCUT2D eigenvalue weighted by Gasteiger charge is 2.22. The zero-order valence-corrected chi connectivity index (χ0v) is 12.8. The third-order valence-electron chi connectivity index (χ3n) is 2.16. The normalized spacial score (nSPS) is 13.1. The van der Waals surface area contributed by atoms with Crippen LogP contribution in [0.1, 0.15) is 12.5 Å². The van der Waals surface area contributed by atoms with Crippen LogP contribution in [0.3, 0.4) is 0 Å². The van der Waals surface area contributed by atoms with Crippen molar-refractivity contribution in [1.29, 1.82) is 0 Å². The Kier molecular flexibility index (Phi) is 4.63. The molecule has 1 amide bonds. The van der Waals surface area contributed by atoms with Gasteiger partial charge in [0.1, 0.15) is 10.6 Å². The SMILES string of the molecule is Cc1cc(Br)cc(S(=O)(=O)Cl)c1OC(C)C(N)=O. The first-order chi connectivity index (χ1) is 8.12. The number of benzene rings is 1. The number of primary amides is 1. The second kappa shape index (κ2) is 5.46. The molecule has 2 N–H and O–H groups in total. The van der Waals surface area contributed by atoms with E-state index in [2.05, 4.69) is 15.9 Å². The van der Waals surface area contributed by atoms with E-state index in [4.69, 9.17) is 21.2 Å². The Labute approximate surface area is 118 Å². The Balaban J connectivity index is 3.38. The predicted octanol–water partition coefficient (Wildman–Crippen LogP) is 1.94. The van der Waals surface area contributed by atoms with Crippen molar-refractivity contribution in [2.45, 2.75) is 24.8 Å². The molecule has 1 aromatic carbocycles. The maximum Gasteiger partial charge on any atom is 0.265 e. The van der Waals surface area contributed by atoms with Gasteiger partial charge in [0.25, 0.3) is 15.0 Å². The smallest absolute Gasteiger partial charge is 0.265 e. The Morgan fingerprint density at radius 3 is 2.50 bits per heavy atom. The average Bonchev–Trinajstić information content (AvgIpc) is 2.19. The van der Waals surface area contributed by atoms with E-state index in [0.717, 1.165) is 0 Å². The maximum absolute atomic E-state index is 11.5. The third-order valence-corrected chi connectivity index (χ3v) is 3.95. The van der Waals surface area contributed by atoms with Crippen LogP contribution in [0.5, 0.6) is 5.75 Å². The summed E-state index contributed by atoms with van der Waals surface area (Å²) in [5.41, 5.74) is 5.59. The highest BCUT2D eigenvalue weighted by atomic mass is 79.9. The van der Waals surface area contributed by atoms with Gasteiger partial charge in [-0.2, -0.15) is 0 Å². The lowest BCUT2D eigenvalue weighted by molar-refractivity contribution is -0.124. The lowest BCUT2D eigenvalue weighted by atomic mass is 10.2. The number of ether oxygens (including phenoxy) is 1. The Morgan fingerprint density at radius 2 is 2.06 bits per heavy atom. The molecular weight excluding hydrogens is 346 g/mol. The van der Waals surface area contributed by atoms with Crippen molar-refractivity contribution in [2.75, 3.05) is 0 Å². The van der Waals surface area contributed by atoms with Gasteiger partial charge in [0, 0.05) is 15.2 Å². The van der Waals surface area contributed by atoms with Crippen LogP contribution in [-0.2, 0) is 13.8 Å². The van der Waals surface area contributed by atoms with Crippen molar-refractivity contribution in [3.8, 4) is 5.75 Å². The molecule has 18 heavy (non-hydrogen) atoms. The van der Waals surface area contributed by atoms with Crippen molar-refractivity contribution in [1.82, 2.24) is 0 Å². The Morgan fingerprint density at radius 1 is 1.50 bits per heavy atom. The molecule has 5 nitrogen and oxygen atoms in total. The summed E-state index contributed by atoms with van der Waals surface area (Å²) in [6.45, 7) is 3.06. The molecule has 1 aromatic rings. The molecule has 1 atom stereocenters. The molecule has 1 unspecified atom stereocenters. The summed E-state index contributed by atoms with van der Waals surface area (Å²) in [6, 6.07) is 2.95. The van der Waals surface area contributed by atoms with E-state index in [-0.39, 0.29) is 10.6 Å². The minimum atomic E-state index is -3.98. The summed E-state index contributed by atoms with van der Waals surface area (Å²) >= 11 is 3.16. The van der Waals surface area contributed by atoms with Gasteiger partial charge in [-0.1, -0.05) is 15.9 Å². The fourth-order valence-corrected chi connectivity index (χ4v) is 3.03. The zero-order valence-electron chi connectivity index (χ0n) is 9.61. The first kappa shape index (κ1) is 15.3. The van der Waals surface area contributed by atoms with Crippen LogP contribution < -0.4 is 10.5 Å². The first-order valence-electron chi connectivity index (χ1n) is 4.83. The fraction of sp³-hybridized carbons (Fsp3) is 0.300. The lowest BCUT2D eigenvalue weighted by Gasteiger charge is -2.16. The van der Waals surface area contributed by atoms with Crippen molar-refractivity contribution in [3.05, 3.63) is 22.2 Å². The van der Waals surface area contributed by atoms with Gasteiger partial charge in [-0.25, -0.2) is 8.42 Å². The molecule has 0 saturated carbocycles. The number of nitrogens with two attached hydrogens (primary N) is 1. The molecule has 0 spiro atoms. The molecule has 0 fully saturated rings. The summed E-state index contributed by atoms with van der Waals surface area (Å²) in [7, 11) is 1.34. The van der Waals surface area contributed by atoms with Gasteiger partial charge < -0.3 is 10.5 Å². The van der Waals surface area contributed by atoms with E-state index >= 15 is 0 Å². The molecule has 8 heteroatoms. The van der Waals surface area contributed by atoms with Crippen molar-refractivity contribution < 1.29 is 17.9 Å². The molecule has 0 aromatic heterocycles. The molecule has 0 heterocycles. The van der Waals surface area contributed by atoms with Crippen LogP contribution in [0.4, 0.5) is 0 Å².